The third kappa shape index (κ3) is 1.57. The Morgan fingerprint density at radius 2 is 2.00 bits per heavy atom. The summed E-state index contributed by atoms with van der Waals surface area (Å²) in [5, 5.41) is 0. The summed E-state index contributed by atoms with van der Waals surface area (Å²) in [6, 6.07) is 7.31. The molecular weight excluding hydrogens is 195 g/mol. The van der Waals surface area contributed by atoms with Gasteiger partial charge in [-0.2, -0.15) is 0 Å². The van der Waals surface area contributed by atoms with E-state index in [1.54, 1.807) is 6.07 Å². The maximum absolute atomic E-state index is 12.7. The van der Waals surface area contributed by atoms with Crippen LogP contribution in [0.2, 0.25) is 0 Å². The van der Waals surface area contributed by atoms with Gasteiger partial charge in [0.25, 0.3) is 0 Å². The Labute approximate surface area is 68.2 Å². The van der Waals surface area contributed by atoms with Gasteiger partial charge in [0.05, 0.1) is 0 Å². The zero-order valence-electron chi connectivity index (χ0n) is 5.64. The third-order valence-corrected chi connectivity index (χ3v) is 2.06. The fraction of sp³-hybridized carbons (Fsp3) is 0.250. The van der Waals surface area contributed by atoms with Crippen molar-refractivity contribution in [3.05, 3.63) is 34.3 Å². The Morgan fingerprint density at radius 3 is 2.40 bits per heavy atom. The van der Waals surface area contributed by atoms with Gasteiger partial charge in [-0.25, -0.2) is 4.39 Å². The number of hydrogen-bond acceptors (Lipinski definition) is 0. The summed E-state index contributed by atoms with van der Waals surface area (Å²) in [6.07, 6.45) is -0.893. The summed E-state index contributed by atoms with van der Waals surface area (Å²) in [5.74, 6) is 0. The van der Waals surface area contributed by atoms with E-state index in [1.165, 1.54) is 6.92 Å². The Morgan fingerprint density at radius 1 is 1.40 bits per heavy atom. The maximum atomic E-state index is 12.7. The van der Waals surface area contributed by atoms with E-state index >= 15 is 0 Å². The Balaban J connectivity index is 3.03. The SMILES string of the molecule is CC(F)c1ccccc1Br. The Bertz CT molecular complexity index is 220. The fourth-order valence-corrected chi connectivity index (χ4v) is 1.40. The fourth-order valence-electron chi connectivity index (χ4n) is 0.798. The minimum absolute atomic E-state index is 0.711. The minimum atomic E-state index is -0.893. The molecule has 1 unspecified atom stereocenters. The molecular formula is C8H8BrF. The van der Waals surface area contributed by atoms with Crippen LogP contribution in [-0.2, 0) is 0 Å². The molecule has 0 heterocycles. The second-order valence-corrected chi connectivity index (χ2v) is 2.99. The Hall–Kier alpha value is -0.370. The van der Waals surface area contributed by atoms with E-state index in [4.69, 9.17) is 0 Å². The van der Waals surface area contributed by atoms with E-state index < -0.39 is 6.17 Å². The molecule has 0 saturated heterocycles. The molecule has 0 aliphatic rings. The van der Waals surface area contributed by atoms with E-state index in [-0.39, 0.29) is 0 Å². The van der Waals surface area contributed by atoms with Crippen LogP contribution in [0.5, 0.6) is 0 Å². The molecule has 2 heteroatoms. The van der Waals surface area contributed by atoms with Crippen molar-refractivity contribution in [1.29, 1.82) is 0 Å². The van der Waals surface area contributed by atoms with Gasteiger partial charge in [0.1, 0.15) is 6.17 Å². The van der Waals surface area contributed by atoms with Crippen LogP contribution in [0.3, 0.4) is 0 Å². The van der Waals surface area contributed by atoms with Gasteiger partial charge >= 0.3 is 0 Å². The van der Waals surface area contributed by atoms with Crippen LogP contribution in [0, 0.1) is 0 Å². The first-order valence-corrected chi connectivity index (χ1v) is 3.89. The van der Waals surface area contributed by atoms with Gasteiger partial charge in [0, 0.05) is 4.47 Å². The van der Waals surface area contributed by atoms with Crippen molar-refractivity contribution >= 4 is 15.9 Å². The first kappa shape index (κ1) is 7.73. The number of hydrogen-bond donors (Lipinski definition) is 0. The third-order valence-electron chi connectivity index (χ3n) is 1.33. The average Bonchev–Trinajstić information content (AvgIpc) is 1.88. The first-order chi connectivity index (χ1) is 4.72. The second-order valence-electron chi connectivity index (χ2n) is 2.14. The summed E-state index contributed by atoms with van der Waals surface area (Å²) in [6.45, 7) is 1.53. The summed E-state index contributed by atoms with van der Waals surface area (Å²) >= 11 is 3.26. The van der Waals surface area contributed by atoms with Gasteiger partial charge in [-0.15, -0.1) is 0 Å². The summed E-state index contributed by atoms with van der Waals surface area (Å²) in [7, 11) is 0. The predicted molar refractivity (Wildman–Crippen MR) is 43.7 cm³/mol. The molecule has 0 saturated carbocycles. The topological polar surface area (TPSA) is 0 Å². The van der Waals surface area contributed by atoms with Gasteiger partial charge < -0.3 is 0 Å². The Kier molecular flexibility index (Phi) is 2.44. The maximum Gasteiger partial charge on any atom is 0.123 e. The normalized spacial score (nSPS) is 13.1. The molecule has 1 aromatic carbocycles. The molecule has 0 aromatic heterocycles. The zero-order chi connectivity index (χ0) is 7.56. The van der Waals surface area contributed by atoms with Crippen molar-refractivity contribution in [2.45, 2.75) is 13.1 Å². The van der Waals surface area contributed by atoms with E-state index in [0.717, 1.165) is 4.47 Å². The molecule has 0 nitrogen and oxygen atoms in total. The lowest BCUT2D eigenvalue weighted by atomic mass is 10.1. The minimum Gasteiger partial charge on any atom is -0.243 e. The average molecular weight is 203 g/mol. The van der Waals surface area contributed by atoms with Crippen molar-refractivity contribution < 1.29 is 4.39 Å². The predicted octanol–water partition coefficient (Wildman–Crippen LogP) is 3.48. The smallest absolute Gasteiger partial charge is 0.123 e. The molecule has 0 spiro atoms. The van der Waals surface area contributed by atoms with Crippen molar-refractivity contribution in [3.63, 3.8) is 0 Å². The molecule has 1 aromatic rings. The van der Waals surface area contributed by atoms with Crippen molar-refractivity contribution in [2.24, 2.45) is 0 Å². The highest BCUT2D eigenvalue weighted by Crippen LogP contribution is 2.24. The summed E-state index contributed by atoms with van der Waals surface area (Å²) < 4.78 is 13.5. The van der Waals surface area contributed by atoms with Crippen LogP contribution in [0.1, 0.15) is 18.7 Å². The monoisotopic (exact) mass is 202 g/mol. The standard InChI is InChI=1S/C8H8BrF/c1-6(10)7-4-2-3-5-8(7)9/h2-6H,1H3. The van der Waals surface area contributed by atoms with Gasteiger partial charge in [0.2, 0.25) is 0 Å². The molecule has 0 N–H and O–H groups in total. The molecule has 1 rings (SSSR count). The highest BCUT2D eigenvalue weighted by Gasteiger charge is 2.04. The van der Waals surface area contributed by atoms with Gasteiger partial charge in [-0.3, -0.25) is 0 Å². The molecule has 0 aliphatic carbocycles. The number of alkyl halides is 1. The number of halogens is 2. The molecule has 1 atom stereocenters. The van der Waals surface area contributed by atoms with Crippen LogP contribution in [0.4, 0.5) is 4.39 Å². The zero-order valence-corrected chi connectivity index (χ0v) is 7.23. The second kappa shape index (κ2) is 3.15. The lowest BCUT2D eigenvalue weighted by Crippen LogP contribution is -1.85. The highest BCUT2D eigenvalue weighted by atomic mass is 79.9. The van der Waals surface area contributed by atoms with Crippen molar-refractivity contribution in [1.82, 2.24) is 0 Å². The van der Waals surface area contributed by atoms with Crippen molar-refractivity contribution in [3.8, 4) is 0 Å². The van der Waals surface area contributed by atoms with Crippen LogP contribution in [-0.4, -0.2) is 0 Å². The van der Waals surface area contributed by atoms with Gasteiger partial charge in [-0.1, -0.05) is 34.1 Å². The van der Waals surface area contributed by atoms with Crippen LogP contribution < -0.4 is 0 Å². The highest BCUT2D eigenvalue weighted by molar-refractivity contribution is 9.10. The van der Waals surface area contributed by atoms with E-state index in [1.807, 2.05) is 18.2 Å². The lowest BCUT2D eigenvalue weighted by Gasteiger charge is -2.02. The van der Waals surface area contributed by atoms with Crippen molar-refractivity contribution in [2.75, 3.05) is 0 Å². The molecule has 0 amide bonds. The summed E-state index contributed by atoms with van der Waals surface area (Å²) in [5.41, 5.74) is 0.711. The van der Waals surface area contributed by atoms with Crippen LogP contribution in [0.25, 0.3) is 0 Å². The molecule has 0 bridgehead atoms. The van der Waals surface area contributed by atoms with E-state index in [2.05, 4.69) is 15.9 Å². The molecule has 54 valence electrons. The molecule has 10 heavy (non-hydrogen) atoms. The number of rotatable bonds is 1. The van der Waals surface area contributed by atoms with E-state index in [9.17, 15) is 4.39 Å². The molecule has 0 radical (unpaired) electrons. The quantitative estimate of drug-likeness (QED) is 0.655. The van der Waals surface area contributed by atoms with E-state index in [0.29, 0.717) is 5.56 Å². The molecule has 0 fully saturated rings. The number of benzene rings is 1. The first-order valence-electron chi connectivity index (χ1n) is 3.10. The lowest BCUT2D eigenvalue weighted by molar-refractivity contribution is 0.373. The van der Waals surface area contributed by atoms with Gasteiger partial charge in [0.15, 0.2) is 0 Å². The largest absolute Gasteiger partial charge is 0.243 e. The van der Waals surface area contributed by atoms with Gasteiger partial charge in [-0.05, 0) is 18.6 Å². The molecule has 0 aliphatic heterocycles. The summed E-state index contributed by atoms with van der Waals surface area (Å²) in [4.78, 5) is 0. The van der Waals surface area contributed by atoms with Crippen LogP contribution >= 0.6 is 15.9 Å². The van der Waals surface area contributed by atoms with Crippen LogP contribution in [0.15, 0.2) is 28.7 Å².